The van der Waals surface area contributed by atoms with Crippen LogP contribution in [0.5, 0.6) is 5.75 Å². The third kappa shape index (κ3) is 5.01. The molecule has 1 atom stereocenters. The van der Waals surface area contributed by atoms with E-state index in [9.17, 15) is 18.0 Å². The van der Waals surface area contributed by atoms with Crippen LogP contribution in [-0.4, -0.2) is 22.2 Å². The SMILES string of the molecule is O=CCCc1ccc2c(c1)nc(Nc1ccc(OC(F)(F)F)cc1)n2C1CCCc2ccccc21. The predicted octanol–water partition coefficient (Wildman–Crippen LogP) is 6.74. The number of nitrogens with one attached hydrogen (secondary N) is 1. The summed E-state index contributed by atoms with van der Waals surface area (Å²) >= 11 is 0. The molecule has 1 aromatic heterocycles. The number of benzene rings is 3. The normalized spacial score (nSPS) is 15.6. The monoisotopic (exact) mass is 479 g/mol. The molecule has 180 valence electrons. The zero-order valence-electron chi connectivity index (χ0n) is 18.9. The Morgan fingerprint density at radius 3 is 2.66 bits per heavy atom. The van der Waals surface area contributed by atoms with Crippen molar-refractivity contribution in [1.29, 1.82) is 0 Å². The molecule has 3 aromatic carbocycles. The first-order valence-electron chi connectivity index (χ1n) is 11.6. The Balaban J connectivity index is 1.55. The van der Waals surface area contributed by atoms with E-state index in [0.29, 0.717) is 24.5 Å². The van der Waals surface area contributed by atoms with Gasteiger partial charge in [-0.1, -0.05) is 30.3 Å². The van der Waals surface area contributed by atoms with Gasteiger partial charge in [0.15, 0.2) is 0 Å². The van der Waals surface area contributed by atoms with Crippen molar-refractivity contribution < 1.29 is 22.7 Å². The second-order valence-electron chi connectivity index (χ2n) is 8.64. The van der Waals surface area contributed by atoms with Crippen LogP contribution >= 0.6 is 0 Å². The molecule has 0 radical (unpaired) electrons. The summed E-state index contributed by atoms with van der Waals surface area (Å²) in [7, 11) is 0. The number of imidazole rings is 1. The van der Waals surface area contributed by atoms with Crippen molar-refractivity contribution in [2.75, 3.05) is 5.32 Å². The summed E-state index contributed by atoms with van der Waals surface area (Å²) in [6, 6.07) is 20.1. The van der Waals surface area contributed by atoms with E-state index < -0.39 is 6.36 Å². The Kier molecular flexibility index (Phi) is 6.19. The lowest BCUT2D eigenvalue weighted by Gasteiger charge is -2.28. The summed E-state index contributed by atoms with van der Waals surface area (Å²) in [4.78, 5) is 15.7. The van der Waals surface area contributed by atoms with E-state index in [2.05, 4.69) is 32.8 Å². The summed E-state index contributed by atoms with van der Waals surface area (Å²) in [5, 5.41) is 3.30. The van der Waals surface area contributed by atoms with Crippen molar-refractivity contribution in [3.63, 3.8) is 0 Å². The van der Waals surface area contributed by atoms with Crippen molar-refractivity contribution in [2.45, 2.75) is 44.5 Å². The highest BCUT2D eigenvalue weighted by molar-refractivity contribution is 5.81. The summed E-state index contributed by atoms with van der Waals surface area (Å²) in [6.07, 6.45) is 0.268. The van der Waals surface area contributed by atoms with Gasteiger partial charge < -0.3 is 19.4 Å². The predicted molar refractivity (Wildman–Crippen MR) is 128 cm³/mol. The molecule has 0 saturated carbocycles. The number of anilines is 2. The highest BCUT2D eigenvalue weighted by Gasteiger charge is 2.31. The molecular weight excluding hydrogens is 455 g/mol. The van der Waals surface area contributed by atoms with Gasteiger partial charge in [0.1, 0.15) is 12.0 Å². The lowest BCUT2D eigenvalue weighted by Crippen LogP contribution is -2.18. The van der Waals surface area contributed by atoms with Crippen LogP contribution in [0, 0.1) is 0 Å². The first-order valence-corrected chi connectivity index (χ1v) is 11.6. The highest BCUT2D eigenvalue weighted by atomic mass is 19.4. The number of fused-ring (bicyclic) bond motifs is 2. The van der Waals surface area contributed by atoms with E-state index in [1.165, 1.54) is 35.4 Å². The molecule has 0 spiro atoms. The highest BCUT2D eigenvalue weighted by Crippen LogP contribution is 2.38. The Morgan fingerprint density at radius 2 is 1.89 bits per heavy atom. The quantitative estimate of drug-likeness (QED) is 0.299. The minimum Gasteiger partial charge on any atom is -0.406 e. The zero-order valence-corrected chi connectivity index (χ0v) is 18.9. The average Bonchev–Trinajstić information content (AvgIpc) is 3.19. The Hall–Kier alpha value is -3.81. The molecule has 0 aliphatic heterocycles. The van der Waals surface area contributed by atoms with Gasteiger partial charge in [-0.3, -0.25) is 0 Å². The van der Waals surface area contributed by atoms with E-state index in [-0.39, 0.29) is 11.8 Å². The standard InChI is InChI=1S/C27H24F3N3O2/c28-27(29,30)35-21-13-11-20(12-14-21)31-26-32-23-17-18(5-4-16-34)10-15-25(23)33(26)24-9-3-7-19-6-1-2-8-22(19)24/h1-2,6,8,10-17,24H,3-5,7,9H2,(H,31,32). The van der Waals surface area contributed by atoms with Gasteiger partial charge >= 0.3 is 6.36 Å². The fraction of sp³-hybridized carbons (Fsp3) is 0.259. The van der Waals surface area contributed by atoms with Crippen LogP contribution in [0.15, 0.2) is 66.7 Å². The number of hydrogen-bond acceptors (Lipinski definition) is 4. The van der Waals surface area contributed by atoms with Gasteiger partial charge in [-0.25, -0.2) is 4.98 Å². The zero-order chi connectivity index (χ0) is 24.4. The minimum absolute atomic E-state index is 0.0705. The number of nitrogens with zero attached hydrogens (tertiary/aromatic N) is 2. The van der Waals surface area contributed by atoms with E-state index in [0.717, 1.165) is 42.1 Å². The third-order valence-corrected chi connectivity index (χ3v) is 6.30. The second kappa shape index (κ2) is 9.44. The molecule has 4 aromatic rings. The number of carbonyl (C=O) groups is 1. The van der Waals surface area contributed by atoms with Crippen LogP contribution in [0.4, 0.5) is 24.8 Å². The number of carbonyl (C=O) groups excluding carboxylic acids is 1. The first kappa shape index (κ1) is 23.0. The second-order valence-corrected chi connectivity index (χ2v) is 8.64. The fourth-order valence-electron chi connectivity index (χ4n) is 4.79. The maximum atomic E-state index is 12.5. The smallest absolute Gasteiger partial charge is 0.406 e. The van der Waals surface area contributed by atoms with Crippen LogP contribution in [-0.2, 0) is 17.6 Å². The third-order valence-electron chi connectivity index (χ3n) is 6.30. The Bertz CT molecular complexity index is 1350. The maximum Gasteiger partial charge on any atom is 0.573 e. The summed E-state index contributed by atoms with van der Waals surface area (Å²) in [5.41, 5.74) is 5.95. The van der Waals surface area contributed by atoms with E-state index in [1.54, 1.807) is 0 Å². The van der Waals surface area contributed by atoms with Gasteiger partial charge in [-0.05, 0) is 78.8 Å². The van der Waals surface area contributed by atoms with E-state index in [4.69, 9.17) is 4.98 Å². The molecule has 1 aliphatic carbocycles. The number of rotatable bonds is 7. The summed E-state index contributed by atoms with van der Waals surface area (Å²) in [6.45, 7) is 0. The number of alkyl halides is 3. The van der Waals surface area contributed by atoms with Gasteiger partial charge in [-0.15, -0.1) is 13.2 Å². The molecule has 8 heteroatoms. The van der Waals surface area contributed by atoms with Gasteiger partial charge in [0.2, 0.25) is 5.95 Å². The van der Waals surface area contributed by atoms with E-state index >= 15 is 0 Å². The Labute approximate surface area is 200 Å². The number of aromatic nitrogens is 2. The van der Waals surface area contributed by atoms with Gasteiger partial charge in [0.05, 0.1) is 17.1 Å². The first-order chi connectivity index (χ1) is 16.9. The number of halogens is 3. The molecule has 0 fully saturated rings. The minimum atomic E-state index is -4.74. The molecule has 1 N–H and O–H groups in total. The van der Waals surface area contributed by atoms with Crippen molar-refractivity contribution in [3.8, 4) is 5.75 Å². The molecule has 35 heavy (non-hydrogen) atoms. The van der Waals surface area contributed by atoms with Crippen LogP contribution < -0.4 is 10.1 Å². The molecule has 5 nitrogen and oxygen atoms in total. The maximum absolute atomic E-state index is 12.5. The van der Waals surface area contributed by atoms with Gasteiger partial charge in [0, 0.05) is 12.1 Å². The van der Waals surface area contributed by atoms with Crippen molar-refractivity contribution >= 4 is 29.0 Å². The number of aryl methyl sites for hydroxylation is 2. The lowest BCUT2D eigenvalue weighted by atomic mass is 9.87. The van der Waals surface area contributed by atoms with Crippen LogP contribution in [0.1, 0.15) is 42.0 Å². The van der Waals surface area contributed by atoms with Crippen molar-refractivity contribution in [2.24, 2.45) is 0 Å². The largest absolute Gasteiger partial charge is 0.573 e. The van der Waals surface area contributed by atoms with Crippen molar-refractivity contribution in [3.05, 3.63) is 83.4 Å². The van der Waals surface area contributed by atoms with Gasteiger partial charge in [0.25, 0.3) is 0 Å². The molecule has 1 aliphatic rings. The molecule has 1 heterocycles. The van der Waals surface area contributed by atoms with Crippen LogP contribution in [0.25, 0.3) is 11.0 Å². The number of aldehydes is 1. The molecule has 1 unspecified atom stereocenters. The fourth-order valence-corrected chi connectivity index (χ4v) is 4.79. The van der Waals surface area contributed by atoms with Crippen LogP contribution in [0.3, 0.4) is 0 Å². The molecule has 0 amide bonds. The average molecular weight is 480 g/mol. The summed E-state index contributed by atoms with van der Waals surface area (Å²) < 4.78 is 43.7. The Morgan fingerprint density at radius 1 is 1.09 bits per heavy atom. The van der Waals surface area contributed by atoms with E-state index in [1.807, 2.05) is 24.3 Å². The summed E-state index contributed by atoms with van der Waals surface area (Å²) in [5.74, 6) is 0.330. The topological polar surface area (TPSA) is 56.1 Å². The van der Waals surface area contributed by atoms with Crippen LogP contribution in [0.2, 0.25) is 0 Å². The van der Waals surface area contributed by atoms with Gasteiger partial charge in [-0.2, -0.15) is 0 Å². The molecule has 5 rings (SSSR count). The van der Waals surface area contributed by atoms with Crippen molar-refractivity contribution in [1.82, 2.24) is 9.55 Å². The lowest BCUT2D eigenvalue weighted by molar-refractivity contribution is -0.274. The number of ether oxygens (including phenoxy) is 1. The molecule has 0 saturated heterocycles. The molecule has 0 bridgehead atoms. The molecular formula is C27H24F3N3O2. The number of hydrogen-bond donors (Lipinski definition) is 1.